The first-order valence-corrected chi connectivity index (χ1v) is 7.89. The van der Waals surface area contributed by atoms with Gasteiger partial charge in [-0.1, -0.05) is 30.2 Å². The van der Waals surface area contributed by atoms with E-state index in [4.69, 9.17) is 16.3 Å². The highest BCUT2D eigenvalue weighted by Gasteiger charge is 2.20. The molecule has 1 saturated carbocycles. The number of nitrogens with zero attached hydrogens (tertiary/aromatic N) is 2. The van der Waals surface area contributed by atoms with Crippen molar-refractivity contribution in [1.29, 1.82) is 0 Å². The predicted molar refractivity (Wildman–Crippen MR) is 89.8 cm³/mol. The molecule has 23 heavy (non-hydrogen) atoms. The second kappa shape index (κ2) is 8.04. The Morgan fingerprint density at radius 3 is 2.65 bits per heavy atom. The van der Waals surface area contributed by atoms with E-state index < -0.39 is 0 Å². The minimum absolute atomic E-state index is 0. The van der Waals surface area contributed by atoms with Crippen molar-refractivity contribution in [3.8, 4) is 11.3 Å². The summed E-state index contributed by atoms with van der Waals surface area (Å²) >= 11 is 5.99. The van der Waals surface area contributed by atoms with Gasteiger partial charge in [0.05, 0.1) is 5.69 Å². The first-order chi connectivity index (χ1) is 10.7. The molecular weight excluding hydrogens is 314 g/mol. The van der Waals surface area contributed by atoms with Gasteiger partial charge in [0, 0.05) is 10.6 Å². The van der Waals surface area contributed by atoms with Crippen molar-refractivity contribution in [3.63, 3.8) is 0 Å². The van der Waals surface area contributed by atoms with Crippen molar-refractivity contribution in [3.05, 3.63) is 47.4 Å². The number of aromatic nitrogens is 2. The standard InChI is InChI=1S/C17H17ClN2O2.H3N/c18-13-6-4-5-12(9-13)15-10-16(20-11-19-15)17(21)22-14-7-2-1-3-8-14;/h4-6,9-11,14H,1-3,7-8H2;1H3. The highest BCUT2D eigenvalue weighted by atomic mass is 35.5. The third-order valence-corrected chi connectivity index (χ3v) is 4.06. The highest BCUT2D eigenvalue weighted by Crippen LogP contribution is 2.23. The molecule has 0 aliphatic heterocycles. The molecule has 3 N–H and O–H groups in total. The van der Waals surface area contributed by atoms with Crippen LogP contribution in [0.5, 0.6) is 0 Å². The molecule has 0 radical (unpaired) electrons. The Labute approximate surface area is 140 Å². The Kier molecular flexibility index (Phi) is 6.07. The molecule has 122 valence electrons. The summed E-state index contributed by atoms with van der Waals surface area (Å²) in [6.07, 6.45) is 6.75. The monoisotopic (exact) mass is 333 g/mol. The van der Waals surface area contributed by atoms with Crippen molar-refractivity contribution in [2.75, 3.05) is 0 Å². The summed E-state index contributed by atoms with van der Waals surface area (Å²) in [7, 11) is 0. The molecule has 3 rings (SSSR count). The Bertz CT molecular complexity index is 672. The largest absolute Gasteiger partial charge is 0.458 e. The lowest BCUT2D eigenvalue weighted by molar-refractivity contribution is 0.0204. The van der Waals surface area contributed by atoms with E-state index in [1.54, 1.807) is 18.2 Å². The van der Waals surface area contributed by atoms with Gasteiger partial charge in [-0.2, -0.15) is 0 Å². The summed E-state index contributed by atoms with van der Waals surface area (Å²) in [5, 5.41) is 0.627. The minimum atomic E-state index is -0.377. The molecule has 0 spiro atoms. The van der Waals surface area contributed by atoms with E-state index in [0.29, 0.717) is 10.7 Å². The van der Waals surface area contributed by atoms with Crippen LogP contribution in [0, 0.1) is 0 Å². The van der Waals surface area contributed by atoms with Crippen LogP contribution < -0.4 is 6.15 Å². The number of benzene rings is 1. The fourth-order valence-corrected chi connectivity index (χ4v) is 2.86. The third-order valence-electron chi connectivity index (χ3n) is 3.82. The van der Waals surface area contributed by atoms with Gasteiger partial charge in [0.2, 0.25) is 0 Å². The topological polar surface area (TPSA) is 87.1 Å². The Balaban J connectivity index is 0.00000192. The van der Waals surface area contributed by atoms with Gasteiger partial charge >= 0.3 is 5.97 Å². The van der Waals surface area contributed by atoms with Crippen molar-refractivity contribution in [2.45, 2.75) is 38.2 Å². The molecule has 0 saturated heterocycles. The second-order valence-corrected chi connectivity index (χ2v) is 5.90. The Morgan fingerprint density at radius 2 is 1.91 bits per heavy atom. The molecule has 6 heteroatoms. The average molecular weight is 334 g/mol. The van der Waals surface area contributed by atoms with E-state index in [-0.39, 0.29) is 23.9 Å². The zero-order valence-electron chi connectivity index (χ0n) is 12.9. The number of carbonyl (C=O) groups excluding carboxylic acids is 1. The van der Waals surface area contributed by atoms with Crippen molar-refractivity contribution in [2.24, 2.45) is 0 Å². The van der Waals surface area contributed by atoms with Crippen LogP contribution in [-0.2, 0) is 4.74 Å². The zero-order valence-corrected chi connectivity index (χ0v) is 13.6. The number of rotatable bonds is 3. The summed E-state index contributed by atoms with van der Waals surface area (Å²) in [6, 6.07) is 8.99. The predicted octanol–water partition coefficient (Wildman–Crippen LogP) is 4.45. The van der Waals surface area contributed by atoms with Gasteiger partial charge in [-0.05, 0) is 43.9 Å². The molecule has 0 amide bonds. The number of halogens is 1. The Morgan fingerprint density at radius 1 is 1.13 bits per heavy atom. The molecule has 1 fully saturated rings. The number of ether oxygens (including phenoxy) is 1. The van der Waals surface area contributed by atoms with Crippen LogP contribution in [-0.4, -0.2) is 22.0 Å². The quantitative estimate of drug-likeness (QED) is 0.838. The lowest BCUT2D eigenvalue weighted by Crippen LogP contribution is -2.21. The maximum Gasteiger partial charge on any atom is 0.357 e. The molecule has 1 aromatic heterocycles. The fraction of sp³-hybridized carbons (Fsp3) is 0.353. The molecule has 0 bridgehead atoms. The summed E-state index contributed by atoms with van der Waals surface area (Å²) in [5.41, 5.74) is 1.80. The first-order valence-electron chi connectivity index (χ1n) is 7.51. The SMILES string of the molecule is N.O=C(OC1CCCCC1)c1cc(-c2cccc(Cl)c2)ncn1. The third kappa shape index (κ3) is 4.50. The van der Waals surface area contributed by atoms with Gasteiger partial charge in [0.25, 0.3) is 0 Å². The van der Waals surface area contributed by atoms with Gasteiger partial charge in [-0.15, -0.1) is 0 Å². The molecule has 1 aliphatic rings. The minimum Gasteiger partial charge on any atom is -0.458 e. The van der Waals surface area contributed by atoms with E-state index in [0.717, 1.165) is 31.2 Å². The van der Waals surface area contributed by atoms with Crippen molar-refractivity contribution >= 4 is 17.6 Å². The van der Waals surface area contributed by atoms with E-state index in [1.807, 2.05) is 12.1 Å². The van der Waals surface area contributed by atoms with Gasteiger partial charge in [-0.3, -0.25) is 0 Å². The molecule has 5 nitrogen and oxygen atoms in total. The van der Waals surface area contributed by atoms with Gasteiger partial charge in [-0.25, -0.2) is 14.8 Å². The summed E-state index contributed by atoms with van der Waals surface area (Å²) in [6.45, 7) is 0. The van der Waals surface area contributed by atoms with Crippen LogP contribution in [0.2, 0.25) is 5.02 Å². The van der Waals surface area contributed by atoms with E-state index >= 15 is 0 Å². The lowest BCUT2D eigenvalue weighted by Gasteiger charge is -2.21. The summed E-state index contributed by atoms with van der Waals surface area (Å²) in [4.78, 5) is 20.5. The highest BCUT2D eigenvalue weighted by molar-refractivity contribution is 6.30. The van der Waals surface area contributed by atoms with Crippen LogP contribution in [0.3, 0.4) is 0 Å². The zero-order chi connectivity index (χ0) is 15.4. The van der Waals surface area contributed by atoms with Gasteiger partial charge in [0.1, 0.15) is 12.4 Å². The maximum atomic E-state index is 12.2. The molecule has 0 unspecified atom stereocenters. The summed E-state index contributed by atoms with van der Waals surface area (Å²) < 4.78 is 5.54. The average Bonchev–Trinajstić information content (AvgIpc) is 2.56. The maximum absolute atomic E-state index is 12.2. The molecule has 0 atom stereocenters. The number of esters is 1. The number of hydrogen-bond donors (Lipinski definition) is 1. The van der Waals surface area contributed by atoms with Crippen molar-refractivity contribution < 1.29 is 9.53 Å². The smallest absolute Gasteiger partial charge is 0.357 e. The van der Waals surface area contributed by atoms with Gasteiger partial charge < -0.3 is 10.9 Å². The molecule has 1 aliphatic carbocycles. The molecule has 2 aromatic rings. The van der Waals surface area contributed by atoms with Crippen molar-refractivity contribution in [1.82, 2.24) is 16.1 Å². The normalized spacial score (nSPS) is 14.8. The van der Waals surface area contributed by atoms with Crippen LogP contribution in [0.15, 0.2) is 36.7 Å². The second-order valence-electron chi connectivity index (χ2n) is 5.46. The first kappa shape index (κ1) is 17.4. The van der Waals surface area contributed by atoms with E-state index in [1.165, 1.54) is 12.7 Å². The Hall–Kier alpha value is -1.98. The van der Waals surface area contributed by atoms with Crippen LogP contribution in [0.1, 0.15) is 42.6 Å². The fourth-order valence-electron chi connectivity index (χ4n) is 2.67. The number of carbonyl (C=O) groups is 1. The lowest BCUT2D eigenvalue weighted by atomic mass is 9.98. The van der Waals surface area contributed by atoms with Crippen LogP contribution in [0.25, 0.3) is 11.3 Å². The van der Waals surface area contributed by atoms with E-state index in [9.17, 15) is 4.79 Å². The molecule has 1 heterocycles. The number of hydrogen-bond acceptors (Lipinski definition) is 5. The van der Waals surface area contributed by atoms with E-state index in [2.05, 4.69) is 9.97 Å². The molecular formula is C17H20ClN3O2. The molecule has 1 aromatic carbocycles. The van der Waals surface area contributed by atoms with Crippen LogP contribution in [0.4, 0.5) is 0 Å². The van der Waals surface area contributed by atoms with Crippen LogP contribution >= 0.6 is 11.6 Å². The summed E-state index contributed by atoms with van der Waals surface area (Å²) in [5.74, 6) is -0.377. The van der Waals surface area contributed by atoms with Gasteiger partial charge in [0.15, 0.2) is 5.69 Å².